The van der Waals surface area contributed by atoms with Gasteiger partial charge in [-0.1, -0.05) is 53.8 Å². The summed E-state index contributed by atoms with van der Waals surface area (Å²) in [7, 11) is 4.74. The van der Waals surface area contributed by atoms with Gasteiger partial charge >= 0.3 is 5.97 Å². The highest BCUT2D eigenvalue weighted by Crippen LogP contribution is 2.35. The van der Waals surface area contributed by atoms with E-state index in [-0.39, 0.29) is 17.7 Å². The first-order valence-electron chi connectivity index (χ1n) is 12.6. The Labute approximate surface area is 235 Å². The maximum atomic E-state index is 14.1. The van der Waals surface area contributed by atoms with Crippen molar-refractivity contribution in [2.45, 2.75) is 13.0 Å². The van der Waals surface area contributed by atoms with Crippen LogP contribution in [0.1, 0.15) is 29.7 Å². The van der Waals surface area contributed by atoms with Gasteiger partial charge in [0.2, 0.25) is 0 Å². The number of carbonyl (C=O) groups is 1. The van der Waals surface area contributed by atoms with Gasteiger partial charge in [-0.05, 0) is 48.9 Å². The monoisotopic (exact) mass is 556 g/mol. The number of hydrogen-bond donors (Lipinski definition) is 0. The fraction of sp³-hybridized carbons (Fsp3) is 0.194. The maximum Gasteiger partial charge on any atom is 0.338 e. The summed E-state index contributed by atoms with van der Waals surface area (Å²) >= 11 is 1.24. The molecule has 0 radical (unpaired) electrons. The molecule has 0 saturated heterocycles. The van der Waals surface area contributed by atoms with Crippen molar-refractivity contribution in [2.75, 3.05) is 27.9 Å². The van der Waals surface area contributed by atoms with Gasteiger partial charge in [0, 0.05) is 11.1 Å². The molecule has 4 aromatic rings. The molecule has 0 N–H and O–H groups in total. The zero-order valence-electron chi connectivity index (χ0n) is 22.5. The number of aromatic nitrogens is 1. The lowest BCUT2D eigenvalue weighted by Gasteiger charge is -2.26. The molecule has 9 heteroatoms. The van der Waals surface area contributed by atoms with E-state index >= 15 is 0 Å². The van der Waals surface area contributed by atoms with E-state index in [0.29, 0.717) is 37.8 Å². The van der Waals surface area contributed by atoms with Gasteiger partial charge < -0.3 is 18.9 Å². The molecule has 1 aliphatic heterocycles. The van der Waals surface area contributed by atoms with Gasteiger partial charge in [-0.25, -0.2) is 9.79 Å². The van der Waals surface area contributed by atoms with Crippen molar-refractivity contribution in [1.29, 1.82) is 0 Å². The third-order valence-electron chi connectivity index (χ3n) is 6.53. The van der Waals surface area contributed by atoms with Crippen molar-refractivity contribution in [3.63, 3.8) is 0 Å². The van der Waals surface area contributed by atoms with Crippen LogP contribution in [0.15, 0.2) is 88.2 Å². The number of benzene rings is 3. The van der Waals surface area contributed by atoms with Crippen molar-refractivity contribution in [3.05, 3.63) is 115 Å². The van der Waals surface area contributed by atoms with Crippen LogP contribution in [0.4, 0.5) is 0 Å². The Kier molecular flexibility index (Phi) is 7.84. The molecule has 0 saturated carbocycles. The molecule has 204 valence electrons. The van der Waals surface area contributed by atoms with E-state index in [0.717, 1.165) is 11.1 Å². The first kappa shape index (κ1) is 27.0. The van der Waals surface area contributed by atoms with E-state index in [1.165, 1.54) is 11.3 Å². The van der Waals surface area contributed by atoms with E-state index in [2.05, 4.69) is 0 Å². The smallest absolute Gasteiger partial charge is 0.338 e. The third kappa shape index (κ3) is 5.03. The number of carbonyl (C=O) groups excluding carboxylic acids is 1. The molecular formula is C31H28N2O6S. The number of esters is 1. The SMILES string of the molecule is CCOC(=O)C1=C(c2ccccc2)N=c2s/c(=C\c3cc(OC)ccc3OC)c(=O)n2[C@H]1c1ccc(OC)cc1. The Hall–Kier alpha value is -4.63. The normalized spacial score (nSPS) is 14.8. The average Bonchev–Trinajstić information content (AvgIpc) is 3.31. The van der Waals surface area contributed by atoms with E-state index in [9.17, 15) is 9.59 Å². The van der Waals surface area contributed by atoms with Crippen molar-refractivity contribution in [2.24, 2.45) is 4.99 Å². The van der Waals surface area contributed by atoms with Crippen molar-refractivity contribution < 1.29 is 23.7 Å². The predicted octanol–water partition coefficient (Wildman–Crippen LogP) is 3.96. The van der Waals surface area contributed by atoms with E-state index in [1.807, 2.05) is 42.5 Å². The Morgan fingerprint density at radius 3 is 2.30 bits per heavy atom. The molecule has 2 heterocycles. The van der Waals surface area contributed by atoms with Gasteiger partial charge in [0.1, 0.15) is 17.2 Å². The van der Waals surface area contributed by atoms with Crippen LogP contribution in [0, 0.1) is 0 Å². The molecule has 5 rings (SSSR count). The number of rotatable bonds is 8. The van der Waals surface area contributed by atoms with Gasteiger partial charge in [0.25, 0.3) is 5.56 Å². The lowest BCUT2D eigenvalue weighted by Crippen LogP contribution is -2.40. The minimum absolute atomic E-state index is 0.180. The number of fused-ring (bicyclic) bond motifs is 1. The molecule has 0 spiro atoms. The van der Waals surface area contributed by atoms with E-state index < -0.39 is 12.0 Å². The lowest BCUT2D eigenvalue weighted by molar-refractivity contribution is -0.138. The first-order chi connectivity index (χ1) is 19.5. The largest absolute Gasteiger partial charge is 0.497 e. The fourth-order valence-corrected chi connectivity index (χ4v) is 5.63. The molecule has 1 atom stereocenters. The number of methoxy groups -OCH3 is 3. The summed E-state index contributed by atoms with van der Waals surface area (Å²) in [5.74, 6) is 1.35. The summed E-state index contributed by atoms with van der Waals surface area (Å²) in [6.07, 6.45) is 1.76. The maximum absolute atomic E-state index is 14.1. The van der Waals surface area contributed by atoms with Crippen LogP contribution in [0.3, 0.4) is 0 Å². The second-order valence-corrected chi connectivity index (χ2v) is 9.82. The quantitative estimate of drug-likeness (QED) is 0.306. The van der Waals surface area contributed by atoms with Crippen molar-refractivity contribution >= 4 is 29.1 Å². The molecule has 3 aromatic carbocycles. The topological polar surface area (TPSA) is 88.4 Å². The molecule has 1 aliphatic rings. The van der Waals surface area contributed by atoms with Crippen LogP contribution in [-0.4, -0.2) is 38.5 Å². The lowest BCUT2D eigenvalue weighted by atomic mass is 9.93. The highest BCUT2D eigenvalue weighted by atomic mass is 32.1. The van der Waals surface area contributed by atoms with Crippen LogP contribution >= 0.6 is 11.3 Å². The Bertz CT molecular complexity index is 1750. The molecular weight excluding hydrogens is 528 g/mol. The van der Waals surface area contributed by atoms with E-state index in [1.54, 1.807) is 69.2 Å². The second-order valence-electron chi connectivity index (χ2n) is 8.81. The Morgan fingerprint density at radius 2 is 1.65 bits per heavy atom. The minimum Gasteiger partial charge on any atom is -0.497 e. The highest BCUT2D eigenvalue weighted by Gasteiger charge is 2.35. The van der Waals surface area contributed by atoms with Gasteiger partial charge in [-0.3, -0.25) is 9.36 Å². The number of ether oxygens (including phenoxy) is 4. The Balaban J connectivity index is 1.82. The van der Waals surface area contributed by atoms with Crippen LogP contribution < -0.4 is 29.1 Å². The molecule has 1 aromatic heterocycles. The molecule has 0 amide bonds. The molecule has 0 unspecified atom stereocenters. The fourth-order valence-electron chi connectivity index (χ4n) is 4.64. The number of nitrogens with zero attached hydrogens (tertiary/aromatic N) is 2. The summed E-state index contributed by atoms with van der Waals surface area (Å²) < 4.78 is 23.8. The predicted molar refractivity (Wildman–Crippen MR) is 154 cm³/mol. The zero-order valence-corrected chi connectivity index (χ0v) is 23.4. The third-order valence-corrected chi connectivity index (χ3v) is 7.51. The van der Waals surface area contributed by atoms with Crippen LogP contribution in [-0.2, 0) is 9.53 Å². The number of thiazole rings is 1. The van der Waals surface area contributed by atoms with Gasteiger partial charge in [-0.2, -0.15) is 0 Å². The summed E-state index contributed by atoms with van der Waals surface area (Å²) in [6, 6.07) is 21.3. The van der Waals surface area contributed by atoms with Crippen molar-refractivity contribution in [3.8, 4) is 17.2 Å². The summed E-state index contributed by atoms with van der Waals surface area (Å²) in [5.41, 5.74) is 2.61. The van der Waals surface area contributed by atoms with Crippen LogP contribution in [0.2, 0.25) is 0 Å². The zero-order chi connectivity index (χ0) is 28.2. The Morgan fingerprint density at radius 1 is 0.950 bits per heavy atom. The first-order valence-corrected chi connectivity index (χ1v) is 13.4. The van der Waals surface area contributed by atoms with Crippen LogP contribution in [0.25, 0.3) is 11.8 Å². The molecule has 8 nitrogen and oxygen atoms in total. The molecule has 40 heavy (non-hydrogen) atoms. The summed E-state index contributed by atoms with van der Waals surface area (Å²) in [4.78, 5) is 32.9. The summed E-state index contributed by atoms with van der Waals surface area (Å²) in [6.45, 7) is 1.93. The summed E-state index contributed by atoms with van der Waals surface area (Å²) in [5, 5.41) is 0. The molecule has 0 bridgehead atoms. The highest BCUT2D eigenvalue weighted by molar-refractivity contribution is 7.07. The second kappa shape index (κ2) is 11.6. The molecule has 0 fully saturated rings. The van der Waals surface area contributed by atoms with Gasteiger partial charge in [0.15, 0.2) is 4.80 Å². The van der Waals surface area contributed by atoms with E-state index in [4.69, 9.17) is 23.9 Å². The standard InChI is InChI=1S/C31H28N2O6S/c1-5-39-30(35)26-27(19-9-7-6-8-10-19)32-31-33(28(26)20-11-13-22(36-2)14-12-20)29(34)25(40-31)18-21-17-23(37-3)15-16-24(21)38-4/h6-18,28H,5H2,1-4H3/b25-18-/t28-/m0/s1. The van der Waals surface area contributed by atoms with Crippen molar-refractivity contribution in [1.82, 2.24) is 4.57 Å². The van der Waals surface area contributed by atoms with Gasteiger partial charge in [0.05, 0.1) is 49.8 Å². The minimum atomic E-state index is -0.772. The molecule has 0 aliphatic carbocycles. The number of hydrogen-bond acceptors (Lipinski definition) is 8. The average molecular weight is 557 g/mol. The van der Waals surface area contributed by atoms with Crippen LogP contribution in [0.5, 0.6) is 17.2 Å². The van der Waals surface area contributed by atoms with Gasteiger partial charge in [-0.15, -0.1) is 0 Å².